The maximum absolute atomic E-state index is 14.3. The Labute approximate surface area is 124 Å². The molecule has 2 aromatic carbocycles. The Kier molecular flexibility index (Phi) is 3.62. The molecule has 21 heavy (non-hydrogen) atoms. The van der Waals surface area contributed by atoms with Crippen molar-refractivity contribution in [3.8, 4) is 0 Å². The fourth-order valence-corrected chi connectivity index (χ4v) is 3.43. The van der Waals surface area contributed by atoms with Crippen molar-refractivity contribution in [1.29, 1.82) is 0 Å². The number of hydrogen-bond acceptors (Lipinski definition) is 1. The first kappa shape index (κ1) is 14.0. The molecule has 1 atom stereocenters. The lowest BCUT2D eigenvalue weighted by atomic mass is 9.78. The summed E-state index contributed by atoms with van der Waals surface area (Å²) >= 11 is 0. The predicted octanol–water partition coefficient (Wildman–Crippen LogP) is 4.75. The standard InChI is InChI=1S/C19H19FO/c1-12-10-13(2)18(17(20)11-12)19(21)16-9-5-7-14-6-3-4-8-15(14)16/h3-4,6,8,10-11,16H,5,7,9H2,1-2H3. The van der Waals surface area contributed by atoms with E-state index in [-0.39, 0.29) is 23.1 Å². The van der Waals surface area contributed by atoms with E-state index in [1.54, 1.807) is 0 Å². The molecule has 0 amide bonds. The van der Waals surface area contributed by atoms with Gasteiger partial charge in [-0.3, -0.25) is 4.79 Å². The summed E-state index contributed by atoms with van der Waals surface area (Å²) in [7, 11) is 0. The van der Waals surface area contributed by atoms with Crippen LogP contribution in [0.3, 0.4) is 0 Å². The summed E-state index contributed by atoms with van der Waals surface area (Å²) in [6.45, 7) is 3.66. The lowest BCUT2D eigenvalue weighted by Crippen LogP contribution is -2.20. The van der Waals surface area contributed by atoms with E-state index in [9.17, 15) is 9.18 Å². The van der Waals surface area contributed by atoms with Crippen LogP contribution in [0.2, 0.25) is 0 Å². The molecule has 0 saturated heterocycles. The van der Waals surface area contributed by atoms with Crippen molar-refractivity contribution in [2.75, 3.05) is 0 Å². The first-order valence-corrected chi connectivity index (χ1v) is 7.46. The molecule has 0 radical (unpaired) electrons. The van der Waals surface area contributed by atoms with E-state index in [4.69, 9.17) is 0 Å². The summed E-state index contributed by atoms with van der Waals surface area (Å²) in [6, 6.07) is 11.4. The van der Waals surface area contributed by atoms with Crippen molar-refractivity contribution >= 4 is 5.78 Å². The predicted molar refractivity (Wildman–Crippen MR) is 82.3 cm³/mol. The van der Waals surface area contributed by atoms with Crippen LogP contribution in [0, 0.1) is 19.7 Å². The molecule has 1 aliphatic rings. The van der Waals surface area contributed by atoms with E-state index < -0.39 is 0 Å². The molecule has 108 valence electrons. The molecule has 0 N–H and O–H groups in total. The molecule has 1 aliphatic carbocycles. The second-order valence-corrected chi connectivity index (χ2v) is 5.95. The second kappa shape index (κ2) is 5.44. The van der Waals surface area contributed by atoms with Gasteiger partial charge in [0, 0.05) is 5.92 Å². The number of benzene rings is 2. The summed E-state index contributed by atoms with van der Waals surface area (Å²) in [5.74, 6) is -0.663. The van der Waals surface area contributed by atoms with Crippen LogP contribution in [-0.4, -0.2) is 5.78 Å². The molecule has 0 aromatic heterocycles. The quantitative estimate of drug-likeness (QED) is 0.727. The van der Waals surface area contributed by atoms with Gasteiger partial charge in [0.25, 0.3) is 0 Å². The van der Waals surface area contributed by atoms with Crippen molar-refractivity contribution in [3.63, 3.8) is 0 Å². The van der Waals surface area contributed by atoms with Crippen molar-refractivity contribution in [2.45, 2.75) is 39.0 Å². The third-order valence-corrected chi connectivity index (χ3v) is 4.36. The number of fused-ring (bicyclic) bond motifs is 1. The lowest BCUT2D eigenvalue weighted by molar-refractivity contribution is 0.0946. The average Bonchev–Trinajstić information content (AvgIpc) is 2.45. The first-order chi connectivity index (χ1) is 10.1. The minimum Gasteiger partial charge on any atom is -0.293 e. The highest BCUT2D eigenvalue weighted by molar-refractivity contribution is 6.02. The maximum Gasteiger partial charge on any atom is 0.173 e. The number of carbonyl (C=O) groups excluding carboxylic acids is 1. The number of ketones is 1. The van der Waals surface area contributed by atoms with E-state index in [0.29, 0.717) is 0 Å². The highest BCUT2D eigenvalue weighted by Gasteiger charge is 2.29. The van der Waals surface area contributed by atoms with Crippen LogP contribution in [0.4, 0.5) is 4.39 Å². The Balaban J connectivity index is 2.05. The number of carbonyl (C=O) groups is 1. The van der Waals surface area contributed by atoms with Gasteiger partial charge in [-0.25, -0.2) is 4.39 Å². The molecule has 0 bridgehead atoms. The minimum absolute atomic E-state index is 0.0721. The van der Waals surface area contributed by atoms with Crippen LogP contribution in [-0.2, 0) is 6.42 Å². The zero-order chi connectivity index (χ0) is 15.0. The highest BCUT2D eigenvalue weighted by atomic mass is 19.1. The summed E-state index contributed by atoms with van der Waals surface area (Å²) in [5.41, 5.74) is 4.16. The molecule has 0 aliphatic heterocycles. The van der Waals surface area contributed by atoms with Gasteiger partial charge in [0.05, 0.1) is 5.56 Å². The van der Waals surface area contributed by atoms with Gasteiger partial charge < -0.3 is 0 Å². The third-order valence-electron chi connectivity index (χ3n) is 4.36. The third kappa shape index (κ3) is 2.51. The fourth-order valence-electron chi connectivity index (χ4n) is 3.43. The van der Waals surface area contributed by atoms with Crippen molar-refractivity contribution in [3.05, 3.63) is 70.0 Å². The fraction of sp³-hybridized carbons (Fsp3) is 0.316. The number of aryl methyl sites for hydroxylation is 3. The number of rotatable bonds is 2. The van der Waals surface area contributed by atoms with Crippen molar-refractivity contribution in [1.82, 2.24) is 0 Å². The Morgan fingerprint density at radius 2 is 1.95 bits per heavy atom. The van der Waals surface area contributed by atoms with Crippen LogP contribution in [0.5, 0.6) is 0 Å². The topological polar surface area (TPSA) is 17.1 Å². The van der Waals surface area contributed by atoms with Gasteiger partial charge in [0.15, 0.2) is 5.78 Å². The van der Waals surface area contributed by atoms with Gasteiger partial charge >= 0.3 is 0 Å². The van der Waals surface area contributed by atoms with Crippen LogP contribution in [0.25, 0.3) is 0 Å². The van der Waals surface area contributed by atoms with Crippen molar-refractivity contribution in [2.24, 2.45) is 0 Å². The van der Waals surface area contributed by atoms with Gasteiger partial charge in [-0.05, 0) is 61.4 Å². The molecule has 0 spiro atoms. The molecular formula is C19H19FO. The first-order valence-electron chi connectivity index (χ1n) is 7.46. The lowest BCUT2D eigenvalue weighted by Gasteiger charge is -2.25. The average molecular weight is 282 g/mol. The summed E-state index contributed by atoms with van der Waals surface area (Å²) in [6.07, 6.45) is 2.80. The Hall–Kier alpha value is -1.96. The van der Waals surface area contributed by atoms with Gasteiger partial charge in [0.1, 0.15) is 5.82 Å². The smallest absolute Gasteiger partial charge is 0.173 e. The summed E-state index contributed by atoms with van der Waals surface area (Å²) < 4.78 is 14.3. The molecule has 0 saturated carbocycles. The molecule has 1 nitrogen and oxygen atoms in total. The summed E-state index contributed by atoms with van der Waals surface area (Å²) in [5, 5.41) is 0. The van der Waals surface area contributed by atoms with Crippen molar-refractivity contribution < 1.29 is 9.18 Å². The van der Waals surface area contributed by atoms with Gasteiger partial charge in [0.2, 0.25) is 0 Å². The second-order valence-electron chi connectivity index (χ2n) is 5.95. The zero-order valence-corrected chi connectivity index (χ0v) is 12.4. The number of halogens is 1. The van der Waals surface area contributed by atoms with Gasteiger partial charge in [-0.1, -0.05) is 30.3 Å². The van der Waals surface area contributed by atoms with Crippen LogP contribution >= 0.6 is 0 Å². The number of hydrogen-bond donors (Lipinski definition) is 0. The molecule has 2 heteroatoms. The van der Waals surface area contributed by atoms with E-state index in [1.165, 1.54) is 11.6 Å². The van der Waals surface area contributed by atoms with E-state index >= 15 is 0 Å². The van der Waals surface area contributed by atoms with Crippen LogP contribution < -0.4 is 0 Å². The van der Waals surface area contributed by atoms with Gasteiger partial charge in [-0.2, -0.15) is 0 Å². The molecular weight excluding hydrogens is 263 g/mol. The Bertz CT molecular complexity index is 679. The molecule has 0 fully saturated rings. The molecule has 0 heterocycles. The largest absolute Gasteiger partial charge is 0.293 e. The number of Topliss-reactive ketones (excluding diaryl/α,β-unsaturated/α-hetero) is 1. The Morgan fingerprint density at radius 3 is 2.71 bits per heavy atom. The monoisotopic (exact) mass is 282 g/mol. The SMILES string of the molecule is Cc1cc(C)c(C(=O)C2CCCc3ccccc32)c(F)c1. The van der Waals surface area contributed by atoms with Crippen LogP contribution in [0.1, 0.15) is 51.4 Å². The summed E-state index contributed by atoms with van der Waals surface area (Å²) in [4.78, 5) is 12.9. The highest BCUT2D eigenvalue weighted by Crippen LogP contribution is 2.35. The Morgan fingerprint density at radius 1 is 1.19 bits per heavy atom. The van der Waals surface area contributed by atoms with E-state index in [1.807, 2.05) is 38.1 Å². The van der Waals surface area contributed by atoms with E-state index in [2.05, 4.69) is 6.07 Å². The van der Waals surface area contributed by atoms with Crippen LogP contribution in [0.15, 0.2) is 36.4 Å². The molecule has 3 rings (SSSR count). The van der Waals surface area contributed by atoms with E-state index in [0.717, 1.165) is 36.0 Å². The molecule has 1 unspecified atom stereocenters. The maximum atomic E-state index is 14.3. The normalized spacial score (nSPS) is 17.4. The minimum atomic E-state index is -0.388. The molecule has 2 aromatic rings. The zero-order valence-electron chi connectivity index (χ0n) is 12.4. The van der Waals surface area contributed by atoms with Gasteiger partial charge in [-0.15, -0.1) is 0 Å².